The van der Waals surface area contributed by atoms with Gasteiger partial charge in [-0.25, -0.2) is 0 Å². The minimum absolute atomic E-state index is 0. The van der Waals surface area contributed by atoms with Crippen LogP contribution in [-0.4, -0.2) is 24.5 Å². The summed E-state index contributed by atoms with van der Waals surface area (Å²) < 4.78 is 0. The molecule has 0 bridgehead atoms. The third-order valence-electron chi connectivity index (χ3n) is 4.93. The van der Waals surface area contributed by atoms with Gasteiger partial charge in [0.2, 0.25) is 0 Å². The summed E-state index contributed by atoms with van der Waals surface area (Å²) >= 11 is 0. The summed E-state index contributed by atoms with van der Waals surface area (Å²) in [6, 6.07) is 16.0. The van der Waals surface area contributed by atoms with Crippen molar-refractivity contribution in [1.82, 2.24) is 4.90 Å². The lowest BCUT2D eigenvalue weighted by atomic mass is 9.92. The molecule has 1 saturated heterocycles. The molecule has 3 heteroatoms. The van der Waals surface area contributed by atoms with Gasteiger partial charge in [0.1, 0.15) is 0 Å². The van der Waals surface area contributed by atoms with Gasteiger partial charge in [-0.3, -0.25) is 4.90 Å². The monoisotopic (exact) mass is 318 g/mol. The summed E-state index contributed by atoms with van der Waals surface area (Å²) in [5.41, 5.74) is 7.17. The van der Waals surface area contributed by atoms with Crippen LogP contribution in [0.2, 0.25) is 0 Å². The Kier molecular flexibility index (Phi) is 6.25. The highest BCUT2D eigenvalue weighted by atomic mass is 35.5. The molecule has 2 N–H and O–H groups in total. The first-order valence-corrected chi connectivity index (χ1v) is 8.21. The van der Waals surface area contributed by atoms with E-state index in [2.05, 4.69) is 54.3 Å². The lowest BCUT2D eigenvalue weighted by Crippen LogP contribution is -2.37. The van der Waals surface area contributed by atoms with Gasteiger partial charge in [0.05, 0.1) is 0 Å². The van der Waals surface area contributed by atoms with E-state index in [9.17, 15) is 0 Å². The molecule has 1 aliphatic heterocycles. The number of nitrogens with two attached hydrogens (primary N) is 1. The maximum atomic E-state index is 5.74. The number of halogens is 1. The minimum atomic E-state index is 0. The van der Waals surface area contributed by atoms with E-state index in [1.807, 2.05) is 0 Å². The van der Waals surface area contributed by atoms with E-state index in [0.717, 1.165) is 12.5 Å². The summed E-state index contributed by atoms with van der Waals surface area (Å²) in [7, 11) is 0. The number of nitrogens with zero attached hydrogens (tertiary/aromatic N) is 1. The van der Waals surface area contributed by atoms with E-state index in [1.54, 1.807) is 0 Å². The van der Waals surface area contributed by atoms with Gasteiger partial charge in [-0.15, -0.1) is 12.4 Å². The zero-order valence-corrected chi connectivity index (χ0v) is 14.2. The fraction of sp³-hybridized carbons (Fsp3) is 0.474. The van der Waals surface area contributed by atoms with Crippen LogP contribution >= 0.6 is 12.4 Å². The zero-order valence-electron chi connectivity index (χ0n) is 13.4. The Balaban J connectivity index is 0.00000176. The van der Waals surface area contributed by atoms with Gasteiger partial charge in [0.15, 0.2) is 0 Å². The van der Waals surface area contributed by atoms with Gasteiger partial charge in [0.25, 0.3) is 0 Å². The molecule has 1 fully saturated rings. The van der Waals surface area contributed by atoms with Crippen LogP contribution in [0.4, 0.5) is 0 Å². The SMILES string of the molecule is CC(c1ccc2ccccc2c1)N1CCCC(CCN)C1.Cl. The van der Waals surface area contributed by atoms with Gasteiger partial charge < -0.3 is 5.73 Å². The van der Waals surface area contributed by atoms with Crippen LogP contribution in [0.15, 0.2) is 42.5 Å². The quantitative estimate of drug-likeness (QED) is 0.906. The Morgan fingerprint density at radius 2 is 1.95 bits per heavy atom. The molecule has 0 aliphatic carbocycles. The third-order valence-corrected chi connectivity index (χ3v) is 4.93. The molecule has 2 aromatic rings. The average molecular weight is 319 g/mol. The molecule has 22 heavy (non-hydrogen) atoms. The van der Waals surface area contributed by atoms with Crippen LogP contribution in [-0.2, 0) is 0 Å². The van der Waals surface area contributed by atoms with Gasteiger partial charge in [0, 0.05) is 12.6 Å². The molecule has 3 rings (SSSR count). The Labute approximate surface area is 140 Å². The molecular weight excluding hydrogens is 292 g/mol. The van der Waals surface area contributed by atoms with Crippen molar-refractivity contribution in [2.45, 2.75) is 32.2 Å². The van der Waals surface area contributed by atoms with Crippen LogP contribution in [0.25, 0.3) is 10.8 Å². The Bertz CT molecular complexity index is 597. The number of hydrogen-bond donors (Lipinski definition) is 1. The summed E-state index contributed by atoms with van der Waals surface area (Å²) in [4.78, 5) is 2.63. The normalized spacial score (nSPS) is 20.5. The van der Waals surface area contributed by atoms with Crippen LogP contribution < -0.4 is 5.73 Å². The van der Waals surface area contributed by atoms with Gasteiger partial charge in [-0.1, -0.05) is 36.4 Å². The number of fused-ring (bicyclic) bond motifs is 1. The van der Waals surface area contributed by atoms with Gasteiger partial charge >= 0.3 is 0 Å². The summed E-state index contributed by atoms with van der Waals surface area (Å²) in [6.45, 7) is 5.58. The maximum absolute atomic E-state index is 5.74. The standard InChI is InChI=1S/C19H26N2.ClH/c1-15(21-12-4-5-16(14-21)10-11-20)18-9-8-17-6-2-3-7-19(17)13-18;/h2-3,6-9,13,15-16H,4-5,10-12,14,20H2,1H3;1H. The highest BCUT2D eigenvalue weighted by Gasteiger charge is 2.23. The van der Waals surface area contributed by atoms with Gasteiger partial charge in [-0.05, 0) is 67.6 Å². The Morgan fingerprint density at radius 1 is 1.18 bits per heavy atom. The second-order valence-electron chi connectivity index (χ2n) is 6.36. The molecule has 1 aliphatic rings. The lowest BCUT2D eigenvalue weighted by molar-refractivity contribution is 0.128. The van der Waals surface area contributed by atoms with Crippen molar-refractivity contribution in [2.24, 2.45) is 11.7 Å². The molecule has 0 saturated carbocycles. The highest BCUT2D eigenvalue weighted by Crippen LogP contribution is 2.29. The number of likely N-dealkylation sites (tertiary alicyclic amines) is 1. The zero-order chi connectivity index (χ0) is 14.7. The van der Waals surface area contributed by atoms with Crippen LogP contribution in [0.5, 0.6) is 0 Å². The summed E-state index contributed by atoms with van der Waals surface area (Å²) in [6.07, 6.45) is 3.82. The third kappa shape index (κ3) is 3.81. The van der Waals surface area contributed by atoms with Crippen LogP contribution in [0.1, 0.15) is 37.8 Å². The molecule has 2 nitrogen and oxygen atoms in total. The van der Waals surface area contributed by atoms with Crippen LogP contribution in [0, 0.1) is 5.92 Å². The molecule has 120 valence electrons. The molecule has 1 heterocycles. The Hall–Kier alpha value is -1.09. The summed E-state index contributed by atoms with van der Waals surface area (Å²) in [5.74, 6) is 0.784. The number of benzene rings is 2. The van der Waals surface area contributed by atoms with Crippen molar-refractivity contribution in [3.8, 4) is 0 Å². The van der Waals surface area contributed by atoms with Crippen molar-refractivity contribution >= 4 is 23.2 Å². The van der Waals surface area contributed by atoms with Crippen molar-refractivity contribution in [3.05, 3.63) is 48.0 Å². The molecule has 2 unspecified atom stereocenters. The minimum Gasteiger partial charge on any atom is -0.330 e. The van der Waals surface area contributed by atoms with Crippen molar-refractivity contribution in [2.75, 3.05) is 19.6 Å². The smallest absolute Gasteiger partial charge is 0.0320 e. The predicted molar refractivity (Wildman–Crippen MR) is 97.6 cm³/mol. The van der Waals surface area contributed by atoms with E-state index in [4.69, 9.17) is 5.73 Å². The molecule has 0 spiro atoms. The molecule has 0 radical (unpaired) electrons. The average Bonchev–Trinajstić information content (AvgIpc) is 2.54. The number of hydrogen-bond acceptors (Lipinski definition) is 2. The van der Waals surface area contributed by atoms with E-state index < -0.39 is 0 Å². The molecular formula is C19H27ClN2. The van der Waals surface area contributed by atoms with Crippen molar-refractivity contribution in [1.29, 1.82) is 0 Å². The van der Waals surface area contributed by atoms with E-state index in [-0.39, 0.29) is 12.4 Å². The summed E-state index contributed by atoms with van der Waals surface area (Å²) in [5, 5.41) is 2.67. The molecule has 0 amide bonds. The molecule has 2 atom stereocenters. The van der Waals surface area contributed by atoms with Crippen molar-refractivity contribution < 1.29 is 0 Å². The number of rotatable bonds is 4. The highest BCUT2D eigenvalue weighted by molar-refractivity contribution is 5.85. The fourth-order valence-electron chi connectivity index (χ4n) is 3.60. The largest absolute Gasteiger partial charge is 0.330 e. The first-order valence-electron chi connectivity index (χ1n) is 8.21. The van der Waals surface area contributed by atoms with Crippen LogP contribution in [0.3, 0.4) is 0 Å². The maximum Gasteiger partial charge on any atom is 0.0320 e. The van der Waals surface area contributed by atoms with Gasteiger partial charge in [-0.2, -0.15) is 0 Å². The van der Waals surface area contributed by atoms with Crippen molar-refractivity contribution in [3.63, 3.8) is 0 Å². The van der Waals surface area contributed by atoms with E-state index in [1.165, 1.54) is 48.7 Å². The Morgan fingerprint density at radius 3 is 2.73 bits per heavy atom. The molecule has 0 aromatic heterocycles. The van der Waals surface area contributed by atoms with E-state index >= 15 is 0 Å². The predicted octanol–water partition coefficient (Wildman–Crippen LogP) is 4.38. The second kappa shape index (κ2) is 7.96. The first-order chi connectivity index (χ1) is 10.3. The topological polar surface area (TPSA) is 29.3 Å². The first kappa shape index (κ1) is 17.3. The van der Waals surface area contributed by atoms with E-state index in [0.29, 0.717) is 6.04 Å². The second-order valence-corrected chi connectivity index (χ2v) is 6.36. The molecule has 2 aromatic carbocycles. The lowest BCUT2D eigenvalue weighted by Gasteiger charge is -2.37. The number of piperidine rings is 1. The fourth-order valence-corrected chi connectivity index (χ4v) is 3.60.